The topological polar surface area (TPSA) is 158 Å². The van der Waals surface area contributed by atoms with Crippen LogP contribution >= 0.6 is 0 Å². The van der Waals surface area contributed by atoms with Crippen molar-refractivity contribution in [1.82, 2.24) is 19.5 Å². The van der Waals surface area contributed by atoms with Gasteiger partial charge in [0, 0.05) is 13.0 Å². The number of carboxylic acid groups (broad SMARTS) is 1. The van der Waals surface area contributed by atoms with Gasteiger partial charge in [-0.3, -0.25) is 14.6 Å². The summed E-state index contributed by atoms with van der Waals surface area (Å²) >= 11 is 0. The highest BCUT2D eigenvalue weighted by Gasteiger charge is 2.19. The second kappa shape index (κ2) is 11.2. The van der Waals surface area contributed by atoms with Gasteiger partial charge in [0.25, 0.3) is 5.56 Å². The van der Waals surface area contributed by atoms with E-state index in [0.29, 0.717) is 37.7 Å². The van der Waals surface area contributed by atoms with E-state index in [1.54, 1.807) is 0 Å². The molecule has 33 heavy (non-hydrogen) atoms. The van der Waals surface area contributed by atoms with Crippen LogP contribution in [0.1, 0.15) is 56.1 Å². The van der Waals surface area contributed by atoms with E-state index in [4.69, 9.17) is 10.2 Å². The van der Waals surface area contributed by atoms with Crippen molar-refractivity contribution in [2.75, 3.05) is 6.61 Å². The predicted molar refractivity (Wildman–Crippen MR) is 123 cm³/mol. The largest absolute Gasteiger partial charge is 0.481 e. The summed E-state index contributed by atoms with van der Waals surface area (Å²) in [7, 11) is 0. The molecule has 178 valence electrons. The third-order valence-electron chi connectivity index (χ3n) is 5.78. The Balaban J connectivity index is 1.95. The number of nitrogens with zero attached hydrogens (tertiary/aromatic N) is 3. The molecule has 10 nitrogen and oxygen atoms in total. The van der Waals surface area contributed by atoms with E-state index in [9.17, 15) is 19.5 Å². The van der Waals surface area contributed by atoms with Crippen molar-refractivity contribution in [3.63, 3.8) is 0 Å². The zero-order valence-electron chi connectivity index (χ0n) is 18.7. The molecule has 0 saturated carbocycles. The van der Waals surface area contributed by atoms with Gasteiger partial charge in [-0.15, -0.1) is 0 Å². The second-order valence-electron chi connectivity index (χ2n) is 8.36. The SMILES string of the molecule is Cc1cc2nc3c(=O)[nH]c(=O)nc-3n(CCCCCCC(=O)O)c2cc1CCCC(O)CO. The van der Waals surface area contributed by atoms with Crippen LogP contribution in [-0.2, 0) is 17.8 Å². The van der Waals surface area contributed by atoms with E-state index < -0.39 is 23.3 Å². The fourth-order valence-electron chi connectivity index (χ4n) is 4.00. The third kappa shape index (κ3) is 6.23. The van der Waals surface area contributed by atoms with Gasteiger partial charge in [-0.2, -0.15) is 4.98 Å². The number of fused-ring (bicyclic) bond motifs is 2. The highest BCUT2D eigenvalue weighted by molar-refractivity contribution is 5.81. The Morgan fingerprint density at radius 3 is 2.61 bits per heavy atom. The minimum atomic E-state index is -0.809. The van der Waals surface area contributed by atoms with E-state index in [-0.39, 0.29) is 24.5 Å². The number of aliphatic carboxylic acids is 1. The maximum atomic E-state index is 12.4. The third-order valence-corrected chi connectivity index (χ3v) is 5.78. The Morgan fingerprint density at radius 1 is 1.12 bits per heavy atom. The number of carbonyl (C=O) groups is 1. The highest BCUT2D eigenvalue weighted by atomic mass is 16.4. The maximum Gasteiger partial charge on any atom is 0.349 e. The van der Waals surface area contributed by atoms with Crippen LogP contribution in [0.5, 0.6) is 0 Å². The minimum absolute atomic E-state index is 0.103. The van der Waals surface area contributed by atoms with Crippen LogP contribution < -0.4 is 11.2 Å². The lowest BCUT2D eigenvalue weighted by atomic mass is 10.00. The number of aliphatic hydroxyl groups excluding tert-OH is 2. The first-order valence-corrected chi connectivity index (χ1v) is 11.2. The molecule has 2 aliphatic rings. The summed E-state index contributed by atoms with van der Waals surface area (Å²) in [6, 6.07) is 3.89. The minimum Gasteiger partial charge on any atom is -0.481 e. The number of aryl methyl sites for hydroxylation is 3. The summed E-state index contributed by atoms with van der Waals surface area (Å²) in [5.74, 6) is -0.580. The molecule has 1 aromatic carbocycles. The van der Waals surface area contributed by atoms with Crippen LogP contribution in [-0.4, -0.2) is 53.5 Å². The lowest BCUT2D eigenvalue weighted by Crippen LogP contribution is -2.29. The van der Waals surface area contributed by atoms with E-state index in [1.807, 2.05) is 23.6 Å². The number of unbranched alkanes of at least 4 members (excludes halogenated alkanes) is 3. The molecular weight excluding hydrogens is 428 g/mol. The first-order chi connectivity index (χ1) is 15.8. The molecule has 0 saturated heterocycles. The fourth-order valence-corrected chi connectivity index (χ4v) is 4.00. The Hall–Kier alpha value is -3.11. The quantitative estimate of drug-likeness (QED) is 0.235. The lowest BCUT2D eigenvalue weighted by molar-refractivity contribution is -0.137. The number of H-pyrrole nitrogens is 1. The Labute approximate surface area is 190 Å². The van der Waals surface area contributed by atoms with Crippen LogP contribution in [0.3, 0.4) is 0 Å². The smallest absolute Gasteiger partial charge is 0.349 e. The molecule has 1 atom stereocenters. The first kappa shape index (κ1) is 24.5. The van der Waals surface area contributed by atoms with Crippen molar-refractivity contribution in [3.8, 4) is 11.5 Å². The van der Waals surface area contributed by atoms with Crippen molar-refractivity contribution >= 4 is 17.0 Å². The maximum absolute atomic E-state index is 12.4. The number of aromatic nitrogens is 4. The molecular formula is C23H30N4O6. The monoisotopic (exact) mass is 458 g/mol. The molecule has 0 aromatic heterocycles. The molecule has 0 bridgehead atoms. The molecule has 4 N–H and O–H groups in total. The number of hydrogen-bond donors (Lipinski definition) is 4. The molecule has 3 rings (SSSR count). The van der Waals surface area contributed by atoms with E-state index in [1.165, 1.54) is 0 Å². The molecule has 1 unspecified atom stereocenters. The van der Waals surface area contributed by atoms with Crippen molar-refractivity contribution in [1.29, 1.82) is 0 Å². The van der Waals surface area contributed by atoms with E-state index in [2.05, 4.69) is 15.0 Å². The van der Waals surface area contributed by atoms with Gasteiger partial charge in [-0.05, 0) is 62.3 Å². The number of benzene rings is 1. The molecule has 0 aliphatic carbocycles. The van der Waals surface area contributed by atoms with Crippen LogP contribution in [0.15, 0.2) is 21.7 Å². The van der Waals surface area contributed by atoms with Crippen molar-refractivity contribution in [2.24, 2.45) is 0 Å². The molecule has 2 heterocycles. The van der Waals surface area contributed by atoms with Crippen LogP contribution in [0.25, 0.3) is 22.6 Å². The summed E-state index contributed by atoms with van der Waals surface area (Å²) in [5, 5.41) is 27.4. The average Bonchev–Trinajstić information content (AvgIpc) is 2.76. The zero-order valence-corrected chi connectivity index (χ0v) is 18.7. The highest BCUT2D eigenvalue weighted by Crippen LogP contribution is 2.25. The second-order valence-corrected chi connectivity index (χ2v) is 8.36. The van der Waals surface area contributed by atoms with Gasteiger partial charge in [-0.25, -0.2) is 9.78 Å². The normalized spacial score (nSPS) is 12.5. The predicted octanol–water partition coefficient (Wildman–Crippen LogP) is 1.60. The van der Waals surface area contributed by atoms with Crippen LogP contribution in [0, 0.1) is 6.92 Å². The van der Waals surface area contributed by atoms with Crippen molar-refractivity contribution < 1.29 is 20.1 Å². The number of nitrogens with one attached hydrogen (secondary N) is 1. The molecule has 1 aromatic rings. The number of rotatable bonds is 12. The summed E-state index contributed by atoms with van der Waals surface area (Å²) in [5.41, 5.74) is 2.22. The summed E-state index contributed by atoms with van der Waals surface area (Å²) in [4.78, 5) is 45.7. The van der Waals surface area contributed by atoms with Gasteiger partial charge in [0.05, 0.1) is 23.7 Å². The Morgan fingerprint density at radius 2 is 1.88 bits per heavy atom. The van der Waals surface area contributed by atoms with Gasteiger partial charge < -0.3 is 19.9 Å². The fraction of sp³-hybridized carbons (Fsp3) is 0.522. The van der Waals surface area contributed by atoms with Crippen LogP contribution in [0.4, 0.5) is 0 Å². The molecule has 0 radical (unpaired) electrons. The van der Waals surface area contributed by atoms with Gasteiger partial charge in [0.1, 0.15) is 0 Å². The van der Waals surface area contributed by atoms with E-state index >= 15 is 0 Å². The number of carboxylic acids is 1. The summed E-state index contributed by atoms with van der Waals surface area (Å²) < 4.78 is 1.84. The Kier molecular flexibility index (Phi) is 8.29. The summed E-state index contributed by atoms with van der Waals surface area (Å²) in [6.07, 6.45) is 4.17. The van der Waals surface area contributed by atoms with Crippen molar-refractivity contribution in [3.05, 3.63) is 44.1 Å². The molecule has 0 fully saturated rings. The van der Waals surface area contributed by atoms with Gasteiger partial charge in [-0.1, -0.05) is 12.8 Å². The zero-order chi connectivity index (χ0) is 24.0. The van der Waals surface area contributed by atoms with Gasteiger partial charge in [0.15, 0.2) is 11.5 Å². The molecule has 10 heteroatoms. The average molecular weight is 459 g/mol. The number of hydrogen-bond acceptors (Lipinski definition) is 7. The van der Waals surface area contributed by atoms with Gasteiger partial charge in [0.2, 0.25) is 0 Å². The number of aromatic amines is 1. The molecule has 0 amide bonds. The van der Waals surface area contributed by atoms with Crippen molar-refractivity contribution in [2.45, 2.75) is 70.9 Å². The van der Waals surface area contributed by atoms with Gasteiger partial charge >= 0.3 is 11.7 Å². The first-order valence-electron chi connectivity index (χ1n) is 11.2. The molecule has 0 spiro atoms. The number of aliphatic hydroxyl groups is 2. The summed E-state index contributed by atoms with van der Waals surface area (Å²) in [6.45, 7) is 2.19. The molecule has 2 aliphatic heterocycles. The Bertz CT molecular complexity index is 1200. The lowest BCUT2D eigenvalue weighted by Gasteiger charge is -2.18. The van der Waals surface area contributed by atoms with Crippen LogP contribution in [0.2, 0.25) is 0 Å². The standard InChI is InChI=1S/C23H30N4O6/c1-14-11-17-18(12-15(14)7-6-8-16(29)13-28)27(10-5-3-2-4-9-19(30)31)21-20(24-17)22(32)26-23(33)25-21/h11-12,16,28-29H,2-10,13H2,1H3,(H,30,31)(H,26,32,33). The van der Waals surface area contributed by atoms with E-state index in [0.717, 1.165) is 35.9 Å².